The van der Waals surface area contributed by atoms with Crippen LogP contribution in [0.5, 0.6) is 0 Å². The van der Waals surface area contributed by atoms with Crippen LogP contribution in [-0.2, 0) is 19.2 Å². The largest absolute Gasteiger partial charge is 0.490 e. The van der Waals surface area contributed by atoms with Gasteiger partial charge in [-0.1, -0.05) is 31.9 Å². The van der Waals surface area contributed by atoms with Gasteiger partial charge in [0.05, 0.1) is 28.1 Å². The summed E-state index contributed by atoms with van der Waals surface area (Å²) in [6.45, 7) is 3.82. The van der Waals surface area contributed by atoms with Gasteiger partial charge in [0.25, 0.3) is 0 Å². The number of piperidine rings is 1. The molecule has 1 aliphatic heterocycles. The van der Waals surface area contributed by atoms with Crippen LogP contribution in [0, 0.1) is 5.92 Å². The van der Waals surface area contributed by atoms with E-state index in [1.807, 2.05) is 31.3 Å². The van der Waals surface area contributed by atoms with E-state index in [4.69, 9.17) is 24.8 Å². The Bertz CT molecular complexity index is 1440. The number of aromatic amines is 1. The van der Waals surface area contributed by atoms with E-state index in [0.29, 0.717) is 18.6 Å². The van der Waals surface area contributed by atoms with Gasteiger partial charge in [0, 0.05) is 18.8 Å². The molecule has 0 saturated carbocycles. The number of hydrogen-bond acceptors (Lipinski definition) is 8. The Morgan fingerprint density at radius 1 is 1.00 bits per heavy atom. The zero-order chi connectivity index (χ0) is 36.1. The Hall–Kier alpha value is -4.06. The number of carbonyl (C=O) groups excluding carboxylic acids is 2. The van der Waals surface area contributed by atoms with Crippen molar-refractivity contribution in [3.05, 3.63) is 36.3 Å². The summed E-state index contributed by atoms with van der Waals surface area (Å²) < 4.78 is 64.6. The number of aromatic nitrogens is 3. The van der Waals surface area contributed by atoms with Gasteiger partial charge in [0.15, 0.2) is 0 Å². The van der Waals surface area contributed by atoms with Crippen LogP contribution in [0.25, 0.3) is 20.9 Å². The van der Waals surface area contributed by atoms with Crippen molar-refractivity contribution in [3.8, 4) is 10.7 Å². The molecule has 0 bridgehead atoms. The van der Waals surface area contributed by atoms with E-state index in [-0.39, 0.29) is 17.9 Å². The molecule has 0 radical (unpaired) electrons. The number of fused-ring (bicyclic) bond motifs is 1. The highest BCUT2D eigenvalue weighted by Crippen LogP contribution is 2.30. The Morgan fingerprint density at radius 2 is 1.58 bits per heavy atom. The topological polar surface area (TPSA) is 166 Å². The Kier molecular flexibility index (Phi) is 15.4. The maximum absolute atomic E-state index is 13.1. The molecule has 1 aliphatic rings. The molecule has 4 N–H and O–H groups in total. The number of nitrogens with one attached hydrogen (secondary N) is 2. The molecule has 1 atom stereocenters. The predicted octanol–water partition coefficient (Wildman–Crippen LogP) is 6.38. The normalized spacial score (nSPS) is 14.7. The number of carbonyl (C=O) groups is 4. The molecule has 11 nitrogen and oxygen atoms in total. The van der Waals surface area contributed by atoms with Crippen molar-refractivity contribution in [1.82, 2.24) is 25.2 Å². The van der Waals surface area contributed by atoms with E-state index in [1.54, 1.807) is 11.3 Å². The van der Waals surface area contributed by atoms with E-state index in [9.17, 15) is 35.9 Å². The lowest BCUT2D eigenvalue weighted by atomic mass is 9.95. The van der Waals surface area contributed by atoms with Crippen molar-refractivity contribution in [3.63, 3.8) is 0 Å². The van der Waals surface area contributed by atoms with Crippen LogP contribution in [-0.4, -0.2) is 86.2 Å². The summed E-state index contributed by atoms with van der Waals surface area (Å²) >= 11 is 1.64. The molecular weight excluding hydrogens is 672 g/mol. The second-order valence-corrected chi connectivity index (χ2v) is 11.9. The van der Waals surface area contributed by atoms with E-state index in [1.165, 1.54) is 0 Å². The Labute approximate surface area is 275 Å². The third kappa shape index (κ3) is 13.6. The van der Waals surface area contributed by atoms with Crippen molar-refractivity contribution in [2.24, 2.45) is 5.92 Å². The summed E-state index contributed by atoms with van der Waals surface area (Å²) in [4.78, 5) is 57.5. The monoisotopic (exact) mass is 709 g/mol. The van der Waals surface area contributed by atoms with E-state index in [0.717, 1.165) is 78.4 Å². The van der Waals surface area contributed by atoms with Gasteiger partial charge in [0.2, 0.25) is 5.91 Å². The molecule has 2 aromatic heterocycles. The smallest absolute Gasteiger partial charge is 0.475 e. The number of H-pyrrole nitrogens is 1. The molecular formula is C30H37F6N5O6S. The van der Waals surface area contributed by atoms with Crippen LogP contribution in [0.3, 0.4) is 0 Å². The second-order valence-electron chi connectivity index (χ2n) is 10.9. The number of alkyl halides is 6. The maximum atomic E-state index is 13.1. The quantitative estimate of drug-likeness (QED) is 0.131. The molecule has 18 heteroatoms. The summed E-state index contributed by atoms with van der Waals surface area (Å²) in [5.41, 5.74) is 1.86. The number of halogens is 6. The number of carboxylic acids is 2. The van der Waals surface area contributed by atoms with Gasteiger partial charge in [-0.3, -0.25) is 9.59 Å². The van der Waals surface area contributed by atoms with Crippen molar-refractivity contribution in [1.29, 1.82) is 0 Å². The fraction of sp³-hybridized carbons (Fsp3) is 0.533. The number of unbranched alkanes of at least 4 members (excludes halogenated alkanes) is 2. The van der Waals surface area contributed by atoms with Gasteiger partial charge in [-0.05, 0) is 58.0 Å². The Morgan fingerprint density at radius 3 is 2.12 bits per heavy atom. The number of likely N-dealkylation sites (tertiary alicyclic amines) is 1. The lowest BCUT2D eigenvalue weighted by molar-refractivity contribution is -0.193. The zero-order valence-corrected chi connectivity index (χ0v) is 27.0. The highest BCUT2D eigenvalue weighted by molar-refractivity contribution is 7.21. The summed E-state index contributed by atoms with van der Waals surface area (Å²) in [6, 6.07) is 7.93. The number of hydrogen-bond donors (Lipinski definition) is 4. The number of rotatable bonds is 11. The number of aliphatic carboxylic acids is 2. The fourth-order valence-electron chi connectivity index (χ4n) is 4.47. The molecule has 1 amide bonds. The minimum atomic E-state index is -5.08. The maximum Gasteiger partial charge on any atom is 0.490 e. The van der Waals surface area contributed by atoms with Crippen molar-refractivity contribution >= 4 is 45.2 Å². The number of imidazole rings is 1. The highest BCUT2D eigenvalue weighted by atomic mass is 32.1. The molecule has 266 valence electrons. The van der Waals surface area contributed by atoms with Crippen molar-refractivity contribution in [2.45, 2.75) is 76.7 Å². The molecule has 0 aliphatic carbocycles. The minimum absolute atomic E-state index is 0.0552. The molecule has 3 heterocycles. The van der Waals surface area contributed by atoms with Crippen LogP contribution in [0.2, 0.25) is 0 Å². The summed E-state index contributed by atoms with van der Waals surface area (Å²) in [5.74, 6) is -4.24. The zero-order valence-electron chi connectivity index (χ0n) is 26.2. The first-order chi connectivity index (χ1) is 22.4. The molecule has 1 aromatic carbocycles. The molecule has 0 spiro atoms. The number of nitrogens with zero attached hydrogens (tertiary/aromatic N) is 3. The second kappa shape index (κ2) is 18.5. The standard InChI is InChI=1S/C26H35N5O2S.2C2HF3O2/c1-3-19(32)9-5-4-6-11-21(29-25(33)18-13-15-31(2)16-14-18)24-27-17-22(28-24)26-30-20-10-7-8-12-23(20)34-26;2*3-2(4,5)1(6)7/h7-8,10,12,17-18,21H,3-6,9,11,13-16H2,1-2H3,(H,27,28)(H,29,33);2*(H,6,7)/t21-;;/m0../s1. The number of para-hydroxylation sites is 1. The van der Waals surface area contributed by atoms with Gasteiger partial charge in [0.1, 0.15) is 16.6 Å². The lowest BCUT2D eigenvalue weighted by Crippen LogP contribution is -2.40. The first kappa shape index (κ1) is 40.1. The average molecular weight is 710 g/mol. The summed E-state index contributed by atoms with van der Waals surface area (Å²) in [7, 11) is 2.10. The number of carboxylic acid groups (broad SMARTS) is 2. The summed E-state index contributed by atoms with van der Waals surface area (Å²) in [5, 5.41) is 18.4. The molecule has 0 unspecified atom stereocenters. The molecule has 1 saturated heterocycles. The van der Waals surface area contributed by atoms with Gasteiger partial charge >= 0.3 is 24.3 Å². The third-order valence-corrected chi connectivity index (χ3v) is 8.25. The number of Topliss-reactive ketones (excluding diaryl/α,β-unsaturated/α-hetero) is 1. The minimum Gasteiger partial charge on any atom is -0.475 e. The lowest BCUT2D eigenvalue weighted by Gasteiger charge is -2.29. The molecule has 48 heavy (non-hydrogen) atoms. The Balaban J connectivity index is 0.000000479. The summed E-state index contributed by atoms with van der Waals surface area (Å²) in [6.07, 6.45) is -1.71. The van der Waals surface area contributed by atoms with Crippen molar-refractivity contribution < 1.29 is 55.7 Å². The van der Waals surface area contributed by atoms with Crippen LogP contribution in [0.1, 0.15) is 70.2 Å². The number of thiazole rings is 1. The molecule has 1 fully saturated rings. The van der Waals surface area contributed by atoms with Gasteiger partial charge in [-0.2, -0.15) is 26.3 Å². The molecule has 4 rings (SSSR count). The van der Waals surface area contributed by atoms with Crippen molar-refractivity contribution in [2.75, 3.05) is 20.1 Å². The van der Waals surface area contributed by atoms with E-state index in [2.05, 4.69) is 33.3 Å². The molecule has 3 aromatic rings. The van der Waals surface area contributed by atoms with Crippen LogP contribution in [0.4, 0.5) is 26.3 Å². The van der Waals surface area contributed by atoms with Crippen LogP contribution < -0.4 is 5.32 Å². The number of benzene rings is 1. The van der Waals surface area contributed by atoms with Gasteiger partial charge in [-0.15, -0.1) is 11.3 Å². The number of ketones is 1. The average Bonchev–Trinajstić information content (AvgIpc) is 3.68. The number of amides is 1. The van der Waals surface area contributed by atoms with Gasteiger partial charge in [-0.25, -0.2) is 19.6 Å². The first-order valence-electron chi connectivity index (χ1n) is 14.9. The van der Waals surface area contributed by atoms with E-state index < -0.39 is 24.3 Å². The third-order valence-electron chi connectivity index (χ3n) is 7.18. The predicted molar refractivity (Wildman–Crippen MR) is 164 cm³/mol. The first-order valence-corrected chi connectivity index (χ1v) is 15.8. The van der Waals surface area contributed by atoms with Crippen LogP contribution in [0.15, 0.2) is 30.5 Å². The highest BCUT2D eigenvalue weighted by Gasteiger charge is 2.39. The van der Waals surface area contributed by atoms with Crippen LogP contribution >= 0.6 is 11.3 Å². The van der Waals surface area contributed by atoms with E-state index >= 15 is 0 Å². The fourth-order valence-corrected chi connectivity index (χ4v) is 5.40. The van der Waals surface area contributed by atoms with Gasteiger partial charge < -0.3 is 25.4 Å². The SMILES string of the molecule is CCC(=O)CCCCC[C@H](NC(=O)C1CCN(C)CC1)c1ncc(-c2nc3ccccc3s2)[nH]1.O=C(O)C(F)(F)F.O=C(O)C(F)(F)F.